The van der Waals surface area contributed by atoms with Gasteiger partial charge in [0.2, 0.25) is 0 Å². The second-order valence-corrected chi connectivity index (χ2v) is 6.25. The lowest BCUT2D eigenvalue weighted by Crippen LogP contribution is -2.06. The molecule has 136 valence electrons. The fraction of sp³-hybridized carbons (Fsp3) is 0.318. The number of para-hydroxylation sites is 2. The van der Waals surface area contributed by atoms with E-state index in [0.29, 0.717) is 0 Å². The van der Waals surface area contributed by atoms with Crippen LogP contribution in [0.25, 0.3) is 11.3 Å². The van der Waals surface area contributed by atoms with Crippen molar-refractivity contribution in [1.82, 2.24) is 9.55 Å². The van der Waals surface area contributed by atoms with Crippen LogP contribution in [0.4, 0.5) is 0 Å². The fourth-order valence-electron chi connectivity index (χ4n) is 3.31. The predicted octanol–water partition coefficient (Wildman–Crippen LogP) is 4.76. The van der Waals surface area contributed by atoms with Gasteiger partial charge in [-0.25, -0.2) is 4.98 Å². The van der Waals surface area contributed by atoms with E-state index >= 15 is 0 Å². The Balaban J connectivity index is 1.90. The first-order valence-corrected chi connectivity index (χ1v) is 9.07. The highest BCUT2D eigenvalue weighted by atomic mass is 16.5. The number of hydrogen-bond acceptors (Lipinski definition) is 3. The summed E-state index contributed by atoms with van der Waals surface area (Å²) in [4.78, 5) is 4.72. The molecule has 0 fully saturated rings. The van der Waals surface area contributed by atoms with E-state index in [-0.39, 0.29) is 0 Å². The summed E-state index contributed by atoms with van der Waals surface area (Å²) < 4.78 is 13.3. The summed E-state index contributed by atoms with van der Waals surface area (Å²) >= 11 is 0. The van der Waals surface area contributed by atoms with Gasteiger partial charge in [0.1, 0.15) is 11.5 Å². The molecule has 0 atom stereocenters. The van der Waals surface area contributed by atoms with E-state index in [0.717, 1.165) is 48.6 Å². The van der Waals surface area contributed by atoms with Crippen LogP contribution in [0.2, 0.25) is 0 Å². The number of methoxy groups -OCH3 is 2. The van der Waals surface area contributed by atoms with Crippen molar-refractivity contribution in [3.8, 4) is 22.8 Å². The van der Waals surface area contributed by atoms with Crippen molar-refractivity contribution in [3.63, 3.8) is 0 Å². The topological polar surface area (TPSA) is 36.3 Å². The van der Waals surface area contributed by atoms with E-state index in [1.807, 2.05) is 36.7 Å². The van der Waals surface area contributed by atoms with Gasteiger partial charge in [-0.05, 0) is 36.6 Å². The normalized spacial score (nSPS) is 10.7. The molecule has 0 saturated carbocycles. The molecule has 0 aliphatic rings. The van der Waals surface area contributed by atoms with Gasteiger partial charge in [0.05, 0.1) is 26.2 Å². The summed E-state index contributed by atoms with van der Waals surface area (Å²) in [6, 6.07) is 16.3. The Kier molecular flexibility index (Phi) is 5.95. The summed E-state index contributed by atoms with van der Waals surface area (Å²) in [6.07, 6.45) is 4.91. The minimum atomic E-state index is 0.861. The first kappa shape index (κ1) is 18.1. The molecule has 0 bridgehead atoms. The molecule has 0 aliphatic heterocycles. The SMILES string of the molecule is CCCc1c(-c2ccccc2OC)ncn1CCc1ccccc1OC. The van der Waals surface area contributed by atoms with E-state index in [2.05, 4.69) is 29.7 Å². The first-order valence-electron chi connectivity index (χ1n) is 9.07. The molecular weight excluding hydrogens is 324 g/mol. The molecule has 1 aromatic heterocycles. The molecule has 0 amide bonds. The van der Waals surface area contributed by atoms with E-state index in [4.69, 9.17) is 14.5 Å². The molecule has 0 radical (unpaired) electrons. The standard InChI is InChI=1S/C22H26N2O2/c1-4-9-19-22(18-11-6-8-13-21(18)26-3)23-16-24(19)15-14-17-10-5-7-12-20(17)25-2/h5-8,10-13,16H,4,9,14-15H2,1-3H3. The van der Waals surface area contributed by atoms with Gasteiger partial charge in [0, 0.05) is 17.8 Å². The molecule has 4 nitrogen and oxygen atoms in total. The monoisotopic (exact) mass is 350 g/mol. The zero-order chi connectivity index (χ0) is 18.4. The van der Waals surface area contributed by atoms with Crippen LogP contribution in [0.15, 0.2) is 54.9 Å². The molecule has 0 N–H and O–H groups in total. The largest absolute Gasteiger partial charge is 0.496 e. The summed E-state index contributed by atoms with van der Waals surface area (Å²) in [7, 11) is 3.43. The average molecular weight is 350 g/mol. The van der Waals surface area contributed by atoms with Crippen LogP contribution in [-0.2, 0) is 19.4 Å². The van der Waals surface area contributed by atoms with Gasteiger partial charge in [-0.15, -0.1) is 0 Å². The summed E-state index contributed by atoms with van der Waals surface area (Å²) in [6.45, 7) is 3.07. The lowest BCUT2D eigenvalue weighted by Gasteiger charge is -2.13. The molecule has 0 saturated heterocycles. The summed E-state index contributed by atoms with van der Waals surface area (Å²) in [5, 5.41) is 0. The van der Waals surface area contributed by atoms with Gasteiger partial charge in [-0.1, -0.05) is 43.7 Å². The zero-order valence-electron chi connectivity index (χ0n) is 15.7. The Morgan fingerprint density at radius 1 is 0.885 bits per heavy atom. The van der Waals surface area contributed by atoms with Crippen LogP contribution in [0.1, 0.15) is 24.6 Å². The highest BCUT2D eigenvalue weighted by Gasteiger charge is 2.16. The molecule has 26 heavy (non-hydrogen) atoms. The van der Waals surface area contributed by atoms with Gasteiger partial charge in [0.25, 0.3) is 0 Å². The zero-order valence-corrected chi connectivity index (χ0v) is 15.7. The van der Waals surface area contributed by atoms with Crippen molar-refractivity contribution in [2.75, 3.05) is 14.2 Å². The van der Waals surface area contributed by atoms with Crippen molar-refractivity contribution >= 4 is 0 Å². The van der Waals surface area contributed by atoms with Crippen molar-refractivity contribution in [2.24, 2.45) is 0 Å². The van der Waals surface area contributed by atoms with Crippen molar-refractivity contribution in [3.05, 3.63) is 66.1 Å². The fourth-order valence-corrected chi connectivity index (χ4v) is 3.31. The molecule has 2 aromatic carbocycles. The number of ether oxygens (including phenoxy) is 2. The quantitative estimate of drug-likeness (QED) is 0.587. The molecule has 3 aromatic rings. The Bertz CT molecular complexity index is 855. The molecule has 0 aliphatic carbocycles. The number of nitrogens with zero attached hydrogens (tertiary/aromatic N) is 2. The predicted molar refractivity (Wildman–Crippen MR) is 105 cm³/mol. The van der Waals surface area contributed by atoms with E-state index in [9.17, 15) is 0 Å². The van der Waals surface area contributed by atoms with Crippen LogP contribution in [0, 0.1) is 0 Å². The minimum Gasteiger partial charge on any atom is -0.496 e. The van der Waals surface area contributed by atoms with E-state index in [1.165, 1.54) is 11.3 Å². The number of rotatable bonds is 8. The lowest BCUT2D eigenvalue weighted by molar-refractivity contribution is 0.408. The molecule has 0 spiro atoms. The van der Waals surface area contributed by atoms with Gasteiger partial charge in [-0.2, -0.15) is 0 Å². The molecular formula is C22H26N2O2. The van der Waals surface area contributed by atoms with Gasteiger partial charge in [0.15, 0.2) is 0 Å². The van der Waals surface area contributed by atoms with Gasteiger partial charge < -0.3 is 14.0 Å². The summed E-state index contributed by atoms with van der Waals surface area (Å²) in [5.41, 5.74) is 4.54. The Hall–Kier alpha value is -2.75. The second-order valence-electron chi connectivity index (χ2n) is 6.25. The average Bonchev–Trinajstić information content (AvgIpc) is 3.09. The Morgan fingerprint density at radius 3 is 2.31 bits per heavy atom. The maximum Gasteiger partial charge on any atom is 0.128 e. The molecule has 3 rings (SSSR count). The van der Waals surface area contributed by atoms with E-state index in [1.54, 1.807) is 14.2 Å². The number of aromatic nitrogens is 2. The third-order valence-corrected chi connectivity index (χ3v) is 4.61. The van der Waals surface area contributed by atoms with Gasteiger partial charge >= 0.3 is 0 Å². The van der Waals surface area contributed by atoms with Crippen LogP contribution in [0.5, 0.6) is 11.5 Å². The molecule has 1 heterocycles. The minimum absolute atomic E-state index is 0.861. The maximum absolute atomic E-state index is 5.54. The maximum atomic E-state index is 5.54. The lowest BCUT2D eigenvalue weighted by atomic mass is 10.1. The Labute approximate surface area is 155 Å². The smallest absolute Gasteiger partial charge is 0.128 e. The van der Waals surface area contributed by atoms with Crippen molar-refractivity contribution in [2.45, 2.75) is 32.7 Å². The van der Waals surface area contributed by atoms with Crippen molar-refractivity contribution < 1.29 is 9.47 Å². The third kappa shape index (κ3) is 3.74. The van der Waals surface area contributed by atoms with Crippen LogP contribution in [-0.4, -0.2) is 23.8 Å². The van der Waals surface area contributed by atoms with Crippen LogP contribution in [0.3, 0.4) is 0 Å². The Morgan fingerprint density at radius 2 is 1.58 bits per heavy atom. The third-order valence-electron chi connectivity index (χ3n) is 4.61. The number of aryl methyl sites for hydroxylation is 2. The molecule has 0 unspecified atom stereocenters. The first-order chi connectivity index (χ1) is 12.8. The number of benzene rings is 2. The number of hydrogen-bond donors (Lipinski definition) is 0. The van der Waals surface area contributed by atoms with Crippen LogP contribution < -0.4 is 9.47 Å². The number of imidazole rings is 1. The van der Waals surface area contributed by atoms with Crippen LogP contribution >= 0.6 is 0 Å². The highest BCUT2D eigenvalue weighted by molar-refractivity contribution is 5.69. The van der Waals surface area contributed by atoms with Gasteiger partial charge in [-0.3, -0.25) is 0 Å². The second kappa shape index (κ2) is 8.56. The highest BCUT2D eigenvalue weighted by Crippen LogP contribution is 2.32. The van der Waals surface area contributed by atoms with E-state index < -0.39 is 0 Å². The molecule has 4 heteroatoms. The summed E-state index contributed by atoms with van der Waals surface area (Å²) in [5.74, 6) is 1.80. The van der Waals surface area contributed by atoms with Crippen molar-refractivity contribution in [1.29, 1.82) is 0 Å².